The molecule has 1 unspecified atom stereocenters. The molecule has 0 saturated heterocycles. The topological polar surface area (TPSA) is 64.3 Å². The normalized spacial score (nSPS) is 13.6. The van der Waals surface area contributed by atoms with Gasteiger partial charge < -0.3 is 15.8 Å². The van der Waals surface area contributed by atoms with Crippen molar-refractivity contribution in [3.05, 3.63) is 0 Å². The highest BCUT2D eigenvalue weighted by Crippen LogP contribution is 2.06. The van der Waals surface area contributed by atoms with Crippen LogP contribution in [-0.2, 0) is 4.74 Å². The summed E-state index contributed by atoms with van der Waals surface area (Å²) in [5.41, 5.74) is 4.46. The Bertz CT molecular complexity index is 168. The van der Waals surface area contributed by atoms with Gasteiger partial charge in [-0.2, -0.15) is 0 Å². The summed E-state index contributed by atoms with van der Waals surface area (Å²) in [6, 6.07) is 0. The second-order valence-electron chi connectivity index (χ2n) is 3.72. The summed E-state index contributed by atoms with van der Waals surface area (Å²) in [6.45, 7) is 5.01. The van der Waals surface area contributed by atoms with Crippen LogP contribution in [0.5, 0.6) is 0 Å². The number of carbonyl (C=O) groups excluding carboxylic acids is 1. The molecule has 13 heavy (non-hydrogen) atoms. The van der Waals surface area contributed by atoms with Gasteiger partial charge in [-0.15, -0.1) is 0 Å². The van der Waals surface area contributed by atoms with Gasteiger partial charge in [-0.05, 0) is 20.8 Å². The molecule has 5 heteroatoms. The van der Waals surface area contributed by atoms with E-state index in [2.05, 4.69) is 5.32 Å². The summed E-state index contributed by atoms with van der Waals surface area (Å²) in [6.07, 6.45) is -1.84. The predicted molar refractivity (Wildman–Crippen MR) is 48.2 cm³/mol. The number of amides is 1. The summed E-state index contributed by atoms with van der Waals surface area (Å²) >= 11 is 0. The third-order valence-electron chi connectivity index (χ3n) is 1.12. The zero-order valence-corrected chi connectivity index (χ0v) is 8.26. The molecule has 0 aliphatic heterocycles. The Balaban J connectivity index is 3.64. The number of hydrogen-bond acceptors (Lipinski definition) is 3. The van der Waals surface area contributed by atoms with Crippen molar-refractivity contribution in [1.82, 2.24) is 5.32 Å². The lowest BCUT2D eigenvalue weighted by Crippen LogP contribution is -2.37. The van der Waals surface area contributed by atoms with Crippen LogP contribution >= 0.6 is 0 Å². The van der Waals surface area contributed by atoms with E-state index in [1.807, 2.05) is 0 Å². The van der Waals surface area contributed by atoms with Crippen LogP contribution in [0.15, 0.2) is 0 Å². The molecular formula is C8H17FN2O2. The van der Waals surface area contributed by atoms with Crippen molar-refractivity contribution in [3.8, 4) is 0 Å². The van der Waals surface area contributed by atoms with E-state index in [9.17, 15) is 9.18 Å². The second kappa shape index (κ2) is 5.01. The van der Waals surface area contributed by atoms with E-state index < -0.39 is 17.9 Å². The molecule has 0 heterocycles. The first-order valence-electron chi connectivity index (χ1n) is 4.16. The molecule has 0 bridgehead atoms. The van der Waals surface area contributed by atoms with E-state index in [1.165, 1.54) is 0 Å². The van der Waals surface area contributed by atoms with Gasteiger partial charge in [-0.25, -0.2) is 9.18 Å². The summed E-state index contributed by atoms with van der Waals surface area (Å²) in [4.78, 5) is 10.9. The number of alkyl carbamates (subject to hydrolysis) is 1. The van der Waals surface area contributed by atoms with Gasteiger partial charge in [0.05, 0.1) is 6.54 Å². The highest BCUT2D eigenvalue weighted by Gasteiger charge is 2.16. The monoisotopic (exact) mass is 192 g/mol. The maximum absolute atomic E-state index is 12.5. The Morgan fingerprint density at radius 2 is 2.15 bits per heavy atom. The van der Waals surface area contributed by atoms with Crippen LogP contribution in [0.25, 0.3) is 0 Å². The number of nitrogens with one attached hydrogen (secondary N) is 1. The molecule has 0 rings (SSSR count). The molecule has 3 N–H and O–H groups in total. The molecule has 0 aromatic rings. The lowest BCUT2D eigenvalue weighted by Gasteiger charge is -2.19. The van der Waals surface area contributed by atoms with Crippen molar-refractivity contribution in [2.45, 2.75) is 32.5 Å². The molecular weight excluding hydrogens is 175 g/mol. The van der Waals surface area contributed by atoms with Crippen molar-refractivity contribution >= 4 is 6.09 Å². The molecule has 78 valence electrons. The summed E-state index contributed by atoms with van der Waals surface area (Å²) < 4.78 is 17.4. The fraction of sp³-hybridized carbons (Fsp3) is 0.875. The van der Waals surface area contributed by atoms with E-state index in [-0.39, 0.29) is 13.1 Å². The van der Waals surface area contributed by atoms with Gasteiger partial charge in [0.15, 0.2) is 0 Å². The van der Waals surface area contributed by atoms with Crippen LogP contribution in [0.3, 0.4) is 0 Å². The molecule has 0 aliphatic rings. The number of hydrogen-bond donors (Lipinski definition) is 2. The third kappa shape index (κ3) is 7.52. The van der Waals surface area contributed by atoms with Gasteiger partial charge in [-0.3, -0.25) is 0 Å². The van der Waals surface area contributed by atoms with Crippen LogP contribution in [0.2, 0.25) is 0 Å². The first kappa shape index (κ1) is 12.2. The largest absolute Gasteiger partial charge is 0.444 e. The van der Waals surface area contributed by atoms with E-state index in [0.29, 0.717) is 0 Å². The number of ether oxygens (including phenoxy) is 1. The Labute approximate surface area is 77.6 Å². The second-order valence-corrected chi connectivity index (χ2v) is 3.72. The quantitative estimate of drug-likeness (QED) is 0.695. The highest BCUT2D eigenvalue weighted by molar-refractivity contribution is 5.67. The Kier molecular flexibility index (Phi) is 4.69. The summed E-state index contributed by atoms with van der Waals surface area (Å²) in [5, 5.41) is 2.27. The van der Waals surface area contributed by atoms with Gasteiger partial charge in [0.2, 0.25) is 0 Å². The average Bonchev–Trinajstić information content (AvgIpc) is 1.97. The minimum Gasteiger partial charge on any atom is -0.444 e. The summed E-state index contributed by atoms with van der Waals surface area (Å²) in [7, 11) is 0. The van der Waals surface area contributed by atoms with Crippen molar-refractivity contribution in [3.63, 3.8) is 0 Å². The first-order chi connectivity index (χ1) is 5.85. The van der Waals surface area contributed by atoms with Crippen molar-refractivity contribution in [1.29, 1.82) is 0 Å². The molecule has 4 nitrogen and oxygen atoms in total. The SMILES string of the molecule is CC(C)(C)OC(=O)NCC(F)CN. The standard InChI is InChI=1S/C8H17FN2O2/c1-8(2,3)13-7(12)11-5-6(9)4-10/h6H,4-5,10H2,1-3H3,(H,11,12). The van der Waals surface area contributed by atoms with Crippen LogP contribution in [0, 0.1) is 0 Å². The molecule has 0 aliphatic carbocycles. The fourth-order valence-corrected chi connectivity index (χ4v) is 0.592. The number of carbonyl (C=O) groups is 1. The molecule has 0 radical (unpaired) electrons. The maximum Gasteiger partial charge on any atom is 0.407 e. The Hall–Kier alpha value is -0.840. The minimum atomic E-state index is -1.22. The predicted octanol–water partition coefficient (Wildman–Crippen LogP) is 0.808. The lowest BCUT2D eigenvalue weighted by molar-refractivity contribution is 0.0514. The molecule has 0 fully saturated rings. The van der Waals surface area contributed by atoms with Gasteiger partial charge in [0.1, 0.15) is 11.8 Å². The maximum atomic E-state index is 12.5. The van der Waals surface area contributed by atoms with Crippen LogP contribution in [0.1, 0.15) is 20.8 Å². The van der Waals surface area contributed by atoms with Gasteiger partial charge >= 0.3 is 6.09 Å². The average molecular weight is 192 g/mol. The van der Waals surface area contributed by atoms with Crippen molar-refractivity contribution in [2.75, 3.05) is 13.1 Å². The number of halogens is 1. The number of rotatable bonds is 3. The van der Waals surface area contributed by atoms with Crippen molar-refractivity contribution in [2.24, 2.45) is 5.73 Å². The molecule has 0 aromatic carbocycles. The zero-order valence-electron chi connectivity index (χ0n) is 8.26. The molecule has 0 aromatic heterocycles. The molecule has 1 amide bonds. The van der Waals surface area contributed by atoms with E-state index >= 15 is 0 Å². The Morgan fingerprint density at radius 1 is 1.62 bits per heavy atom. The Morgan fingerprint density at radius 3 is 2.54 bits per heavy atom. The number of nitrogens with two attached hydrogens (primary N) is 1. The lowest BCUT2D eigenvalue weighted by atomic mass is 10.2. The van der Waals surface area contributed by atoms with Gasteiger partial charge in [0, 0.05) is 6.54 Å². The third-order valence-corrected chi connectivity index (χ3v) is 1.12. The first-order valence-corrected chi connectivity index (χ1v) is 4.16. The van der Waals surface area contributed by atoms with Crippen molar-refractivity contribution < 1.29 is 13.9 Å². The van der Waals surface area contributed by atoms with Crippen LogP contribution < -0.4 is 11.1 Å². The smallest absolute Gasteiger partial charge is 0.407 e. The van der Waals surface area contributed by atoms with E-state index in [1.54, 1.807) is 20.8 Å². The highest BCUT2D eigenvalue weighted by atomic mass is 19.1. The molecule has 0 spiro atoms. The molecule has 1 atom stereocenters. The van der Waals surface area contributed by atoms with Crippen LogP contribution in [0.4, 0.5) is 9.18 Å². The zero-order chi connectivity index (χ0) is 10.5. The van der Waals surface area contributed by atoms with Gasteiger partial charge in [-0.1, -0.05) is 0 Å². The minimum absolute atomic E-state index is 0.101. The number of alkyl halides is 1. The van der Waals surface area contributed by atoms with E-state index in [0.717, 1.165) is 0 Å². The van der Waals surface area contributed by atoms with Gasteiger partial charge in [0.25, 0.3) is 0 Å². The molecule has 0 saturated carbocycles. The van der Waals surface area contributed by atoms with Crippen LogP contribution in [-0.4, -0.2) is 31.0 Å². The summed E-state index contributed by atoms with van der Waals surface area (Å²) in [5.74, 6) is 0. The fourth-order valence-electron chi connectivity index (χ4n) is 0.592. The van der Waals surface area contributed by atoms with E-state index in [4.69, 9.17) is 10.5 Å².